The second kappa shape index (κ2) is 14.0. The molecule has 1 aromatic carbocycles. The summed E-state index contributed by atoms with van der Waals surface area (Å²) in [6.07, 6.45) is 9.33. The fourth-order valence-corrected chi connectivity index (χ4v) is 2.70. The highest BCUT2D eigenvalue weighted by atomic mass is 35.5. The van der Waals surface area contributed by atoms with Crippen molar-refractivity contribution in [2.45, 2.75) is 33.9 Å². The first-order valence-electron chi connectivity index (χ1n) is 10.2. The highest BCUT2D eigenvalue weighted by Crippen LogP contribution is 2.28. The Morgan fingerprint density at radius 1 is 1.22 bits per heavy atom. The Morgan fingerprint density at radius 2 is 1.91 bits per heavy atom. The second-order valence-electron chi connectivity index (χ2n) is 6.48. The first-order valence-corrected chi connectivity index (χ1v) is 10.5. The average Bonchev–Trinajstić information content (AvgIpc) is 2.80. The summed E-state index contributed by atoms with van der Waals surface area (Å²) in [6.45, 7) is 12.8. The lowest BCUT2D eigenvalue weighted by molar-refractivity contribution is 0.474. The number of hydrogen-bond acceptors (Lipinski definition) is 4. The van der Waals surface area contributed by atoms with Gasteiger partial charge in [0.25, 0.3) is 0 Å². The topological polar surface area (TPSA) is 50.2 Å². The van der Waals surface area contributed by atoms with E-state index in [1.807, 2.05) is 6.92 Å². The summed E-state index contributed by atoms with van der Waals surface area (Å²) < 4.78 is 27.3. The molecule has 0 saturated heterocycles. The standard InChI is InChI=1S/C22H21ClF2N4.C3H8/c1-5-10-27-19(7-3)22-28-20(13-24)16(21(26-4)29-22)11-14(6-2)15-8-9-18(25)17(23)12-15;1-3-2/h5-12H,2-3,13H2,1,4H3,(H,26,28,29);3H2,1-2H3/b10-5-,14-11+,27-19?;. The molecule has 0 amide bonds. The van der Waals surface area contributed by atoms with Crippen LogP contribution in [0.1, 0.15) is 49.8 Å². The van der Waals surface area contributed by atoms with Gasteiger partial charge in [0, 0.05) is 18.8 Å². The van der Waals surface area contributed by atoms with Crippen LogP contribution in [0.4, 0.5) is 14.6 Å². The molecular weight excluding hydrogens is 430 g/mol. The van der Waals surface area contributed by atoms with Gasteiger partial charge in [-0.3, -0.25) is 4.99 Å². The fourth-order valence-electron chi connectivity index (χ4n) is 2.52. The van der Waals surface area contributed by atoms with Gasteiger partial charge in [-0.25, -0.2) is 18.7 Å². The normalized spacial score (nSPS) is 11.7. The van der Waals surface area contributed by atoms with E-state index in [1.165, 1.54) is 24.6 Å². The summed E-state index contributed by atoms with van der Waals surface area (Å²) in [5, 5.41) is 2.94. The number of nitrogens with zero attached hydrogens (tertiary/aromatic N) is 3. The first kappa shape index (κ1) is 26.9. The number of allylic oxidation sites excluding steroid dienone is 4. The zero-order valence-corrected chi connectivity index (χ0v) is 19.7. The van der Waals surface area contributed by atoms with Crippen LogP contribution in [0, 0.1) is 5.82 Å². The Morgan fingerprint density at radius 3 is 2.41 bits per heavy atom. The molecule has 0 atom stereocenters. The fraction of sp³-hybridized carbons (Fsp3) is 0.240. The van der Waals surface area contributed by atoms with Crippen LogP contribution in [0.15, 0.2) is 60.8 Å². The van der Waals surface area contributed by atoms with Gasteiger partial charge in [0.2, 0.25) is 0 Å². The Labute approximate surface area is 194 Å². The van der Waals surface area contributed by atoms with E-state index < -0.39 is 12.5 Å². The van der Waals surface area contributed by atoms with Gasteiger partial charge >= 0.3 is 0 Å². The van der Waals surface area contributed by atoms with E-state index in [2.05, 4.69) is 47.3 Å². The minimum atomic E-state index is -0.821. The number of hydrogen-bond donors (Lipinski definition) is 1. The second-order valence-corrected chi connectivity index (χ2v) is 6.89. The Hall–Kier alpha value is -3.12. The van der Waals surface area contributed by atoms with Crippen LogP contribution in [0.5, 0.6) is 0 Å². The van der Waals surface area contributed by atoms with Crippen molar-refractivity contribution in [2.75, 3.05) is 12.4 Å². The Balaban J connectivity index is 0.00000161. The molecule has 0 unspecified atom stereocenters. The van der Waals surface area contributed by atoms with E-state index in [0.29, 0.717) is 28.2 Å². The number of benzene rings is 1. The summed E-state index contributed by atoms with van der Waals surface area (Å²) in [5.41, 5.74) is 2.27. The Kier molecular flexibility index (Phi) is 11.8. The smallest absolute Gasteiger partial charge is 0.180 e. The van der Waals surface area contributed by atoms with E-state index in [1.54, 1.807) is 37.5 Å². The van der Waals surface area contributed by atoms with Gasteiger partial charge in [0.15, 0.2) is 5.82 Å². The average molecular weight is 459 g/mol. The first-order chi connectivity index (χ1) is 15.4. The molecule has 0 aliphatic rings. The SMILES string of the molecule is C=CC(=N/C=C\C)c1nc(CF)c(/C=C(\C=C)c2ccc(F)c(Cl)c2)c(NC)n1.CCC. The highest BCUT2D eigenvalue weighted by Gasteiger charge is 2.15. The number of alkyl halides is 1. The third-order valence-corrected chi connectivity index (χ3v) is 4.24. The van der Waals surface area contributed by atoms with Crippen molar-refractivity contribution in [1.29, 1.82) is 0 Å². The molecule has 0 radical (unpaired) electrons. The van der Waals surface area contributed by atoms with E-state index in [-0.39, 0.29) is 16.5 Å². The summed E-state index contributed by atoms with van der Waals surface area (Å²) in [7, 11) is 1.67. The van der Waals surface area contributed by atoms with Crippen molar-refractivity contribution < 1.29 is 8.78 Å². The molecule has 2 aromatic rings. The van der Waals surface area contributed by atoms with Gasteiger partial charge in [0.05, 0.1) is 10.7 Å². The number of anilines is 1. The van der Waals surface area contributed by atoms with Crippen LogP contribution >= 0.6 is 11.6 Å². The quantitative estimate of drug-likeness (QED) is 0.330. The van der Waals surface area contributed by atoms with Gasteiger partial charge in [-0.15, -0.1) is 0 Å². The minimum Gasteiger partial charge on any atom is -0.373 e. The maximum Gasteiger partial charge on any atom is 0.180 e. The van der Waals surface area contributed by atoms with Crippen molar-refractivity contribution in [3.63, 3.8) is 0 Å². The van der Waals surface area contributed by atoms with E-state index in [4.69, 9.17) is 11.6 Å². The molecule has 0 aliphatic heterocycles. The molecule has 1 aromatic heterocycles. The zero-order chi connectivity index (χ0) is 24.1. The molecule has 7 heteroatoms. The summed E-state index contributed by atoms with van der Waals surface area (Å²) in [6, 6.07) is 4.31. The van der Waals surface area contributed by atoms with Crippen LogP contribution in [0.2, 0.25) is 5.02 Å². The molecular formula is C25H29ClF2N4. The molecule has 0 bridgehead atoms. The third-order valence-electron chi connectivity index (χ3n) is 3.95. The number of aromatic nitrogens is 2. The predicted molar refractivity (Wildman–Crippen MR) is 133 cm³/mol. The number of rotatable bonds is 8. The van der Waals surface area contributed by atoms with Gasteiger partial charge in [-0.1, -0.05) is 63.2 Å². The molecule has 0 spiro atoms. The molecule has 0 saturated carbocycles. The van der Waals surface area contributed by atoms with Gasteiger partial charge < -0.3 is 5.32 Å². The molecule has 32 heavy (non-hydrogen) atoms. The zero-order valence-electron chi connectivity index (χ0n) is 18.9. The number of nitrogens with one attached hydrogen (secondary N) is 1. The molecule has 1 N–H and O–H groups in total. The van der Waals surface area contributed by atoms with Crippen molar-refractivity contribution in [3.8, 4) is 0 Å². The molecule has 1 heterocycles. The van der Waals surface area contributed by atoms with Crippen LogP contribution < -0.4 is 5.32 Å². The molecule has 4 nitrogen and oxygen atoms in total. The lowest BCUT2D eigenvalue weighted by Crippen LogP contribution is -2.11. The highest BCUT2D eigenvalue weighted by molar-refractivity contribution is 6.31. The van der Waals surface area contributed by atoms with E-state index >= 15 is 0 Å². The summed E-state index contributed by atoms with van der Waals surface area (Å²) in [5.74, 6) is 0.131. The van der Waals surface area contributed by atoms with E-state index in [9.17, 15) is 8.78 Å². The van der Waals surface area contributed by atoms with E-state index in [0.717, 1.165) is 0 Å². The maximum atomic E-state index is 13.9. The van der Waals surface area contributed by atoms with Crippen molar-refractivity contribution >= 4 is 34.8 Å². The van der Waals surface area contributed by atoms with Crippen molar-refractivity contribution in [2.24, 2.45) is 4.99 Å². The third kappa shape index (κ3) is 7.24. The Bertz CT molecular complexity index is 1000. The number of halogens is 3. The molecule has 2 rings (SSSR count). The lowest BCUT2D eigenvalue weighted by atomic mass is 10.0. The van der Waals surface area contributed by atoms with Gasteiger partial charge in [0.1, 0.15) is 24.0 Å². The molecule has 0 aliphatic carbocycles. The van der Waals surface area contributed by atoms with Crippen molar-refractivity contribution in [1.82, 2.24) is 9.97 Å². The number of aliphatic imine (C=N–C) groups is 1. The summed E-state index contributed by atoms with van der Waals surface area (Å²) in [4.78, 5) is 13.0. The van der Waals surface area contributed by atoms with Gasteiger partial charge in [-0.2, -0.15) is 0 Å². The minimum absolute atomic E-state index is 0.0165. The molecule has 0 fully saturated rings. The van der Waals surface area contributed by atoms with Crippen molar-refractivity contribution in [3.05, 3.63) is 89.3 Å². The lowest BCUT2D eigenvalue weighted by Gasteiger charge is -2.12. The monoisotopic (exact) mass is 458 g/mol. The van der Waals surface area contributed by atoms with Crippen LogP contribution in [-0.4, -0.2) is 22.7 Å². The predicted octanol–water partition coefficient (Wildman–Crippen LogP) is 7.43. The maximum absolute atomic E-state index is 13.9. The largest absolute Gasteiger partial charge is 0.373 e. The van der Waals surface area contributed by atoms with Crippen LogP contribution in [0.3, 0.4) is 0 Å². The summed E-state index contributed by atoms with van der Waals surface area (Å²) >= 11 is 5.89. The van der Waals surface area contributed by atoms with Crippen LogP contribution in [-0.2, 0) is 6.67 Å². The van der Waals surface area contributed by atoms with Crippen LogP contribution in [0.25, 0.3) is 11.6 Å². The van der Waals surface area contributed by atoms with Gasteiger partial charge in [-0.05, 0) is 42.3 Å². The molecule has 170 valence electrons.